The monoisotopic (exact) mass is 538 g/mol. The van der Waals surface area contributed by atoms with Crippen molar-refractivity contribution in [2.75, 3.05) is 58.8 Å². The van der Waals surface area contributed by atoms with Gasteiger partial charge in [-0.25, -0.2) is 0 Å². The van der Waals surface area contributed by atoms with Gasteiger partial charge < -0.3 is 29.3 Å². The standard InChI is InChI=1S/C32H34N4O4/c1-33(2)23-9-7-21(8-10-23)25-5-4-6-26-30(25)22(20-36(26)16-15-35-13-11-34(3)12-14-35)17-29-32(39)31-27(38)18-24(37)19-28(31)40-29/h4-10,17-20,37-38H,11-16H2,1-3H3. The first-order chi connectivity index (χ1) is 19.3. The number of phenolic OH excluding ortho intramolecular Hbond substituents is 2. The minimum absolute atomic E-state index is 0.0716. The molecule has 0 bridgehead atoms. The molecule has 206 valence electrons. The number of benzene rings is 3. The van der Waals surface area contributed by atoms with Gasteiger partial charge in [-0.15, -0.1) is 0 Å². The number of anilines is 1. The molecular formula is C32H34N4O4. The van der Waals surface area contributed by atoms with Crippen LogP contribution in [0.5, 0.6) is 17.2 Å². The van der Waals surface area contributed by atoms with Crippen LogP contribution < -0.4 is 9.64 Å². The van der Waals surface area contributed by atoms with E-state index in [2.05, 4.69) is 75.0 Å². The number of likely N-dealkylation sites (N-methyl/N-ethyl adjacent to an activating group) is 1. The highest BCUT2D eigenvalue weighted by molar-refractivity contribution is 6.17. The van der Waals surface area contributed by atoms with Crippen LogP contribution >= 0.6 is 0 Å². The molecule has 0 atom stereocenters. The van der Waals surface area contributed by atoms with Gasteiger partial charge in [0.05, 0.1) is 0 Å². The summed E-state index contributed by atoms with van der Waals surface area (Å²) in [5, 5.41) is 21.2. The first-order valence-corrected chi connectivity index (χ1v) is 13.6. The quantitative estimate of drug-likeness (QED) is 0.346. The Bertz CT molecular complexity index is 1610. The number of nitrogens with zero attached hydrogens (tertiary/aromatic N) is 4. The minimum Gasteiger partial charge on any atom is -0.508 e. The molecule has 6 rings (SSSR count). The summed E-state index contributed by atoms with van der Waals surface area (Å²) in [7, 11) is 6.21. The number of allylic oxidation sites excluding steroid dienone is 1. The maximum atomic E-state index is 13.2. The van der Waals surface area contributed by atoms with Crippen molar-refractivity contribution in [3.8, 4) is 28.4 Å². The van der Waals surface area contributed by atoms with E-state index in [4.69, 9.17) is 4.74 Å². The number of hydrogen-bond acceptors (Lipinski definition) is 7. The molecule has 0 amide bonds. The van der Waals surface area contributed by atoms with Crippen LogP contribution in [0.15, 0.2) is 66.6 Å². The van der Waals surface area contributed by atoms with Crippen molar-refractivity contribution in [1.29, 1.82) is 0 Å². The van der Waals surface area contributed by atoms with E-state index in [1.54, 1.807) is 6.08 Å². The normalized spacial score (nSPS) is 17.0. The average molecular weight is 539 g/mol. The van der Waals surface area contributed by atoms with E-state index in [1.807, 2.05) is 14.1 Å². The zero-order chi connectivity index (χ0) is 28.0. The summed E-state index contributed by atoms with van der Waals surface area (Å²) in [5.74, 6) is -0.577. The van der Waals surface area contributed by atoms with Crippen LogP contribution in [0.1, 0.15) is 15.9 Å². The zero-order valence-electron chi connectivity index (χ0n) is 23.1. The maximum absolute atomic E-state index is 13.2. The molecule has 2 aliphatic heterocycles. The first kappa shape index (κ1) is 26.0. The SMILES string of the molecule is CN1CCN(CCn2cc(C=C3Oc4cc(O)cc(O)c4C3=O)c3c(-c4ccc(N(C)C)cc4)cccc32)CC1. The molecule has 1 saturated heterocycles. The fourth-order valence-corrected chi connectivity index (χ4v) is 5.60. The van der Waals surface area contributed by atoms with Crippen molar-refractivity contribution in [1.82, 2.24) is 14.4 Å². The van der Waals surface area contributed by atoms with Gasteiger partial charge in [-0.1, -0.05) is 24.3 Å². The van der Waals surface area contributed by atoms with E-state index in [-0.39, 0.29) is 28.6 Å². The van der Waals surface area contributed by atoms with Crippen LogP contribution in [0.25, 0.3) is 28.1 Å². The number of hydrogen-bond donors (Lipinski definition) is 2. The molecule has 8 heteroatoms. The fraction of sp³-hybridized carbons (Fsp3) is 0.281. The number of ketones is 1. The van der Waals surface area contributed by atoms with Crippen molar-refractivity contribution in [2.24, 2.45) is 0 Å². The summed E-state index contributed by atoms with van der Waals surface area (Å²) in [5.41, 5.74) is 5.28. The van der Waals surface area contributed by atoms with E-state index in [0.29, 0.717) is 0 Å². The Morgan fingerprint density at radius 2 is 1.73 bits per heavy atom. The maximum Gasteiger partial charge on any atom is 0.235 e. The highest BCUT2D eigenvalue weighted by Crippen LogP contribution is 2.42. The Morgan fingerprint density at radius 3 is 2.45 bits per heavy atom. The first-order valence-electron chi connectivity index (χ1n) is 13.6. The van der Waals surface area contributed by atoms with Gasteiger partial charge in [0.1, 0.15) is 22.8 Å². The summed E-state index contributed by atoms with van der Waals surface area (Å²) in [6, 6.07) is 17.3. The molecule has 4 aromatic rings. The Hall–Kier alpha value is -4.27. The van der Waals surface area contributed by atoms with E-state index < -0.39 is 5.78 Å². The number of aromatic hydroxyl groups is 2. The lowest BCUT2D eigenvalue weighted by Gasteiger charge is -2.32. The lowest BCUT2D eigenvalue weighted by Crippen LogP contribution is -2.45. The second kappa shape index (κ2) is 10.4. The number of aromatic nitrogens is 1. The molecule has 1 aromatic heterocycles. The van der Waals surface area contributed by atoms with Gasteiger partial charge >= 0.3 is 0 Å². The fourth-order valence-electron chi connectivity index (χ4n) is 5.60. The molecule has 3 heterocycles. The Kier molecular flexibility index (Phi) is 6.73. The third kappa shape index (κ3) is 4.80. The average Bonchev–Trinajstić information content (AvgIpc) is 3.45. The van der Waals surface area contributed by atoms with Crippen LogP contribution in [0.3, 0.4) is 0 Å². The molecule has 0 aliphatic carbocycles. The van der Waals surface area contributed by atoms with Crippen molar-refractivity contribution in [3.05, 3.63) is 77.7 Å². The van der Waals surface area contributed by atoms with Crippen LogP contribution in [-0.4, -0.2) is 84.2 Å². The largest absolute Gasteiger partial charge is 0.508 e. The number of carbonyl (C=O) groups excluding carboxylic acids is 1. The molecule has 8 nitrogen and oxygen atoms in total. The molecule has 3 aromatic carbocycles. The van der Waals surface area contributed by atoms with E-state index in [9.17, 15) is 15.0 Å². The summed E-state index contributed by atoms with van der Waals surface area (Å²) in [6.45, 7) is 5.98. The molecule has 0 radical (unpaired) electrons. The van der Waals surface area contributed by atoms with Gasteiger partial charge in [-0.3, -0.25) is 9.69 Å². The minimum atomic E-state index is -0.404. The molecule has 0 saturated carbocycles. The molecular weight excluding hydrogens is 504 g/mol. The number of carbonyl (C=O) groups is 1. The van der Waals surface area contributed by atoms with Crippen LogP contribution in [0, 0.1) is 0 Å². The van der Waals surface area contributed by atoms with Crippen molar-refractivity contribution < 1.29 is 19.7 Å². The Labute approximate surface area is 233 Å². The molecule has 2 N–H and O–H groups in total. The van der Waals surface area contributed by atoms with Crippen LogP contribution in [0.4, 0.5) is 5.69 Å². The van der Waals surface area contributed by atoms with Crippen LogP contribution in [0.2, 0.25) is 0 Å². The van der Waals surface area contributed by atoms with Gasteiger partial charge in [0.25, 0.3) is 0 Å². The number of ether oxygens (including phenoxy) is 1. The lowest BCUT2D eigenvalue weighted by molar-refractivity contribution is 0.101. The van der Waals surface area contributed by atoms with E-state index in [1.165, 1.54) is 6.07 Å². The van der Waals surface area contributed by atoms with Gasteiger partial charge in [0, 0.05) is 93.8 Å². The summed E-state index contributed by atoms with van der Waals surface area (Å²) in [6.07, 6.45) is 3.84. The predicted molar refractivity (Wildman–Crippen MR) is 158 cm³/mol. The smallest absolute Gasteiger partial charge is 0.235 e. The summed E-state index contributed by atoms with van der Waals surface area (Å²) in [4.78, 5) is 20.2. The van der Waals surface area contributed by atoms with E-state index >= 15 is 0 Å². The van der Waals surface area contributed by atoms with E-state index in [0.717, 1.165) is 78.6 Å². The Morgan fingerprint density at radius 1 is 0.975 bits per heavy atom. The number of fused-ring (bicyclic) bond motifs is 2. The number of piperazine rings is 1. The van der Waals surface area contributed by atoms with Crippen molar-refractivity contribution in [2.45, 2.75) is 6.54 Å². The summed E-state index contributed by atoms with van der Waals surface area (Å²) < 4.78 is 8.12. The molecule has 2 aliphatic rings. The molecule has 0 unspecified atom stereocenters. The number of rotatable bonds is 6. The van der Waals surface area contributed by atoms with Crippen molar-refractivity contribution >= 4 is 28.4 Å². The third-order valence-corrected chi connectivity index (χ3v) is 7.91. The highest BCUT2D eigenvalue weighted by atomic mass is 16.5. The van der Waals surface area contributed by atoms with Gasteiger partial charge in [-0.2, -0.15) is 0 Å². The van der Waals surface area contributed by atoms with Gasteiger partial charge in [0.15, 0.2) is 5.76 Å². The van der Waals surface area contributed by atoms with Gasteiger partial charge in [-0.05, 0) is 42.4 Å². The Balaban J connectivity index is 1.43. The number of phenols is 2. The highest BCUT2D eigenvalue weighted by Gasteiger charge is 2.32. The molecule has 40 heavy (non-hydrogen) atoms. The molecule has 0 spiro atoms. The summed E-state index contributed by atoms with van der Waals surface area (Å²) >= 11 is 0. The third-order valence-electron chi connectivity index (χ3n) is 7.91. The topological polar surface area (TPSA) is 81.4 Å². The molecule has 1 fully saturated rings. The lowest BCUT2D eigenvalue weighted by atomic mass is 9.98. The number of Topliss-reactive ketones (excluding diaryl/α,β-unsaturated/α-hetero) is 1. The second-order valence-corrected chi connectivity index (χ2v) is 10.8. The van der Waals surface area contributed by atoms with Gasteiger partial charge in [0.2, 0.25) is 5.78 Å². The van der Waals surface area contributed by atoms with Crippen LogP contribution in [-0.2, 0) is 6.54 Å². The zero-order valence-corrected chi connectivity index (χ0v) is 23.1. The predicted octanol–water partition coefficient (Wildman–Crippen LogP) is 4.65. The van der Waals surface area contributed by atoms with Crippen molar-refractivity contribution in [3.63, 3.8) is 0 Å². The second-order valence-electron chi connectivity index (χ2n) is 10.8.